The number of benzene rings is 2. The van der Waals surface area contributed by atoms with Crippen LogP contribution in [-0.4, -0.2) is 32.4 Å². The molecule has 0 saturated heterocycles. The summed E-state index contributed by atoms with van der Waals surface area (Å²) < 4.78 is 33.9. The first-order valence-electron chi connectivity index (χ1n) is 9.18. The zero-order valence-corrected chi connectivity index (χ0v) is 15.9. The molecule has 0 unspecified atom stereocenters. The molecule has 0 aromatic heterocycles. The molecule has 1 aliphatic carbocycles. The molecule has 1 aliphatic rings. The summed E-state index contributed by atoms with van der Waals surface area (Å²) in [6.45, 7) is 2.68. The molecule has 0 aliphatic heterocycles. The molecule has 4 nitrogen and oxygen atoms in total. The topological polar surface area (TPSA) is 46.6 Å². The fourth-order valence-electron chi connectivity index (χ4n) is 3.60. The Hall–Kier alpha value is -1.59. The molecule has 0 N–H and O–H groups in total. The van der Waals surface area contributed by atoms with Gasteiger partial charge in [-0.2, -0.15) is 4.31 Å². The Kier molecular flexibility index (Phi) is 5.64. The van der Waals surface area contributed by atoms with Gasteiger partial charge < -0.3 is 4.74 Å². The van der Waals surface area contributed by atoms with Crippen LogP contribution >= 0.6 is 0 Å². The van der Waals surface area contributed by atoms with Crippen molar-refractivity contribution in [3.8, 4) is 5.75 Å². The highest BCUT2D eigenvalue weighted by molar-refractivity contribution is 7.89. The van der Waals surface area contributed by atoms with E-state index in [0.29, 0.717) is 11.5 Å². The van der Waals surface area contributed by atoms with Crippen molar-refractivity contribution >= 4 is 20.8 Å². The molecule has 3 rings (SSSR count). The average molecular weight is 362 g/mol. The van der Waals surface area contributed by atoms with Crippen molar-refractivity contribution in [2.75, 3.05) is 13.7 Å². The Labute approximate surface area is 150 Å². The standard InChI is InChI=1S/C20H27NO3S/c1-3-15-24-19-13-14-20(18-12-8-7-11-17(18)19)25(22,23)21(2)16-9-5-4-6-10-16/h7-8,11-14,16H,3-6,9-10,15H2,1-2H3. The van der Waals surface area contributed by atoms with E-state index in [0.717, 1.165) is 48.6 Å². The first-order chi connectivity index (χ1) is 12.1. The second-order valence-electron chi connectivity index (χ2n) is 6.77. The van der Waals surface area contributed by atoms with Gasteiger partial charge in [0.25, 0.3) is 0 Å². The predicted molar refractivity (Wildman–Crippen MR) is 102 cm³/mol. The molecule has 0 atom stereocenters. The van der Waals surface area contributed by atoms with Gasteiger partial charge in [-0.3, -0.25) is 0 Å². The number of nitrogens with zero attached hydrogens (tertiary/aromatic N) is 1. The molecule has 5 heteroatoms. The highest BCUT2D eigenvalue weighted by Gasteiger charge is 2.30. The van der Waals surface area contributed by atoms with Crippen LogP contribution in [0.25, 0.3) is 10.8 Å². The molecule has 0 heterocycles. The third-order valence-corrected chi connectivity index (χ3v) is 7.02. The number of hydrogen-bond donors (Lipinski definition) is 0. The van der Waals surface area contributed by atoms with Crippen LogP contribution < -0.4 is 4.74 Å². The van der Waals surface area contributed by atoms with E-state index >= 15 is 0 Å². The SMILES string of the molecule is CCCOc1ccc(S(=O)(=O)N(C)C2CCCCC2)c2ccccc12. The van der Waals surface area contributed by atoms with Gasteiger partial charge in [0.15, 0.2) is 0 Å². The van der Waals surface area contributed by atoms with Crippen LogP contribution in [-0.2, 0) is 10.0 Å². The van der Waals surface area contributed by atoms with Gasteiger partial charge in [0, 0.05) is 23.9 Å². The van der Waals surface area contributed by atoms with E-state index < -0.39 is 10.0 Å². The molecule has 2 aromatic carbocycles. The van der Waals surface area contributed by atoms with Crippen LogP contribution in [0.5, 0.6) is 5.75 Å². The molecule has 1 saturated carbocycles. The van der Waals surface area contributed by atoms with Crippen LogP contribution in [0.2, 0.25) is 0 Å². The van der Waals surface area contributed by atoms with E-state index in [9.17, 15) is 8.42 Å². The molecule has 2 aromatic rings. The maximum absolute atomic E-state index is 13.3. The molecule has 25 heavy (non-hydrogen) atoms. The minimum Gasteiger partial charge on any atom is -0.493 e. The highest BCUT2D eigenvalue weighted by atomic mass is 32.2. The minimum absolute atomic E-state index is 0.105. The lowest BCUT2D eigenvalue weighted by Gasteiger charge is -2.30. The second-order valence-corrected chi connectivity index (χ2v) is 8.73. The number of ether oxygens (including phenoxy) is 1. The van der Waals surface area contributed by atoms with Crippen LogP contribution in [0.15, 0.2) is 41.3 Å². The highest BCUT2D eigenvalue weighted by Crippen LogP contribution is 2.34. The Morgan fingerprint density at radius 2 is 1.72 bits per heavy atom. The minimum atomic E-state index is -3.52. The van der Waals surface area contributed by atoms with Crippen molar-refractivity contribution in [3.05, 3.63) is 36.4 Å². The zero-order valence-electron chi connectivity index (χ0n) is 15.1. The van der Waals surface area contributed by atoms with E-state index in [-0.39, 0.29) is 6.04 Å². The van der Waals surface area contributed by atoms with Crippen LogP contribution in [0.1, 0.15) is 45.4 Å². The monoisotopic (exact) mass is 361 g/mol. The van der Waals surface area contributed by atoms with Crippen LogP contribution in [0.4, 0.5) is 0 Å². The van der Waals surface area contributed by atoms with Crippen molar-refractivity contribution < 1.29 is 13.2 Å². The maximum Gasteiger partial charge on any atom is 0.243 e. The maximum atomic E-state index is 13.3. The quantitative estimate of drug-likeness (QED) is 0.756. The molecule has 0 spiro atoms. The van der Waals surface area contributed by atoms with E-state index in [4.69, 9.17) is 4.74 Å². The molecule has 136 valence electrons. The van der Waals surface area contributed by atoms with Crippen LogP contribution in [0, 0.1) is 0 Å². The van der Waals surface area contributed by atoms with Crippen molar-refractivity contribution in [2.45, 2.75) is 56.4 Å². The average Bonchev–Trinajstić information content (AvgIpc) is 2.66. The summed E-state index contributed by atoms with van der Waals surface area (Å²) in [6.07, 6.45) is 6.23. The normalized spacial score (nSPS) is 16.4. The van der Waals surface area contributed by atoms with Gasteiger partial charge in [0.05, 0.1) is 11.5 Å². The smallest absolute Gasteiger partial charge is 0.243 e. The van der Waals surface area contributed by atoms with Crippen LogP contribution in [0.3, 0.4) is 0 Å². The van der Waals surface area contributed by atoms with Gasteiger partial charge in [-0.05, 0) is 31.4 Å². The lowest BCUT2D eigenvalue weighted by molar-refractivity contribution is 0.286. The van der Waals surface area contributed by atoms with E-state index in [1.807, 2.05) is 24.3 Å². The first-order valence-corrected chi connectivity index (χ1v) is 10.6. The Morgan fingerprint density at radius 1 is 1.04 bits per heavy atom. The molecular weight excluding hydrogens is 334 g/mol. The molecule has 0 radical (unpaired) electrons. The number of sulfonamides is 1. The fraction of sp³-hybridized carbons (Fsp3) is 0.500. The van der Waals surface area contributed by atoms with Crippen molar-refractivity contribution in [1.29, 1.82) is 0 Å². The fourth-order valence-corrected chi connectivity index (χ4v) is 5.21. The summed E-state index contributed by atoms with van der Waals surface area (Å²) in [4.78, 5) is 0.375. The van der Waals surface area contributed by atoms with Crippen molar-refractivity contribution in [1.82, 2.24) is 4.31 Å². The molecule has 0 bridgehead atoms. The predicted octanol–water partition coefficient (Wildman–Crippen LogP) is 4.58. The third-order valence-electron chi connectivity index (χ3n) is 5.05. The van der Waals surface area contributed by atoms with Gasteiger partial charge in [0.2, 0.25) is 10.0 Å². The lowest BCUT2D eigenvalue weighted by atomic mass is 9.96. The zero-order chi connectivity index (χ0) is 17.9. The number of rotatable bonds is 6. The summed E-state index contributed by atoms with van der Waals surface area (Å²) in [7, 11) is -1.80. The Morgan fingerprint density at radius 3 is 2.40 bits per heavy atom. The summed E-state index contributed by atoms with van der Waals surface area (Å²) in [6, 6.07) is 11.2. The molecular formula is C20H27NO3S. The van der Waals surface area contributed by atoms with Gasteiger partial charge in [-0.15, -0.1) is 0 Å². The van der Waals surface area contributed by atoms with Gasteiger partial charge >= 0.3 is 0 Å². The summed E-state index contributed by atoms with van der Waals surface area (Å²) in [5.41, 5.74) is 0. The van der Waals surface area contributed by atoms with Gasteiger partial charge in [0.1, 0.15) is 5.75 Å². The third kappa shape index (κ3) is 3.67. The summed E-state index contributed by atoms with van der Waals surface area (Å²) >= 11 is 0. The lowest BCUT2D eigenvalue weighted by Crippen LogP contribution is -2.38. The number of fused-ring (bicyclic) bond motifs is 1. The van der Waals surface area contributed by atoms with Gasteiger partial charge in [-0.25, -0.2) is 8.42 Å². The number of hydrogen-bond acceptors (Lipinski definition) is 3. The van der Waals surface area contributed by atoms with Crippen molar-refractivity contribution in [3.63, 3.8) is 0 Å². The van der Waals surface area contributed by atoms with Gasteiger partial charge in [-0.1, -0.05) is 50.5 Å². The molecule has 1 fully saturated rings. The largest absolute Gasteiger partial charge is 0.493 e. The summed E-state index contributed by atoms with van der Waals surface area (Å²) in [5.74, 6) is 0.747. The van der Waals surface area contributed by atoms with E-state index in [1.165, 1.54) is 6.42 Å². The molecule has 0 amide bonds. The van der Waals surface area contributed by atoms with E-state index in [1.54, 1.807) is 23.5 Å². The Balaban J connectivity index is 2.02. The first kappa shape index (κ1) is 18.2. The van der Waals surface area contributed by atoms with E-state index in [2.05, 4.69) is 6.92 Å². The Bertz CT molecular complexity index is 826. The summed E-state index contributed by atoms with van der Waals surface area (Å²) in [5, 5.41) is 1.59. The van der Waals surface area contributed by atoms with Crippen molar-refractivity contribution in [2.24, 2.45) is 0 Å². The second kappa shape index (κ2) is 7.75.